The summed E-state index contributed by atoms with van der Waals surface area (Å²) in [5, 5.41) is 12.2. The fourth-order valence-corrected chi connectivity index (χ4v) is 2.21. The van der Waals surface area contributed by atoms with Crippen LogP contribution in [-0.2, 0) is 0 Å². The van der Waals surface area contributed by atoms with Crippen molar-refractivity contribution in [3.05, 3.63) is 48.5 Å². The summed E-state index contributed by atoms with van der Waals surface area (Å²) in [5.41, 5.74) is 2.06. The summed E-state index contributed by atoms with van der Waals surface area (Å²) in [6, 6.07) is 7.75. The minimum Gasteiger partial charge on any atom is -0.393 e. The number of nitrogens with one attached hydrogen (secondary N) is 1. The number of rotatable bonds is 6. The molecule has 0 spiro atoms. The van der Waals surface area contributed by atoms with E-state index in [4.69, 9.17) is 0 Å². The molecule has 0 fully saturated rings. The second-order valence-corrected chi connectivity index (χ2v) is 5.79. The average Bonchev–Trinajstić information content (AvgIpc) is 3.07. The Kier molecular flexibility index (Phi) is 5.76. The van der Waals surface area contributed by atoms with E-state index >= 15 is 0 Å². The summed E-state index contributed by atoms with van der Waals surface area (Å²) in [7, 11) is 1.73. The minimum atomic E-state index is -0.404. The van der Waals surface area contributed by atoms with E-state index < -0.39 is 6.10 Å². The number of amides is 2. The Morgan fingerprint density at radius 1 is 1.35 bits per heavy atom. The first-order valence-corrected chi connectivity index (χ1v) is 7.75. The Balaban J connectivity index is 1.92. The molecule has 124 valence electrons. The summed E-state index contributed by atoms with van der Waals surface area (Å²) < 4.78 is 1.93. The molecule has 2 unspecified atom stereocenters. The van der Waals surface area contributed by atoms with E-state index in [1.165, 1.54) is 0 Å². The van der Waals surface area contributed by atoms with Crippen LogP contribution in [0.25, 0.3) is 5.69 Å². The maximum Gasteiger partial charge on any atom is 0.317 e. The first-order valence-electron chi connectivity index (χ1n) is 7.75. The zero-order chi connectivity index (χ0) is 16.8. The van der Waals surface area contributed by atoms with Gasteiger partial charge < -0.3 is 19.9 Å². The van der Waals surface area contributed by atoms with Gasteiger partial charge in [0.25, 0.3) is 0 Å². The summed E-state index contributed by atoms with van der Waals surface area (Å²) in [4.78, 5) is 17.7. The fraction of sp³-hybridized carbons (Fsp3) is 0.412. The molecule has 1 heterocycles. The molecular formula is C17H24N4O2. The van der Waals surface area contributed by atoms with Crippen LogP contribution in [0.2, 0.25) is 0 Å². The smallest absolute Gasteiger partial charge is 0.317 e. The monoisotopic (exact) mass is 316 g/mol. The summed E-state index contributed by atoms with van der Waals surface area (Å²) >= 11 is 0. The first kappa shape index (κ1) is 17.0. The van der Waals surface area contributed by atoms with Gasteiger partial charge in [-0.2, -0.15) is 0 Å². The molecule has 1 aromatic heterocycles. The van der Waals surface area contributed by atoms with Crippen molar-refractivity contribution < 1.29 is 9.90 Å². The third kappa shape index (κ3) is 4.82. The second-order valence-electron chi connectivity index (χ2n) is 5.79. The predicted octanol–water partition coefficient (Wildman–Crippen LogP) is 2.35. The van der Waals surface area contributed by atoms with Crippen LogP contribution in [0.15, 0.2) is 43.0 Å². The molecule has 0 saturated heterocycles. The zero-order valence-electron chi connectivity index (χ0n) is 13.8. The van der Waals surface area contributed by atoms with Crippen molar-refractivity contribution in [3.8, 4) is 5.69 Å². The van der Waals surface area contributed by atoms with Crippen molar-refractivity contribution in [2.75, 3.05) is 13.6 Å². The lowest BCUT2D eigenvalue weighted by Crippen LogP contribution is -2.39. The molecule has 6 heteroatoms. The van der Waals surface area contributed by atoms with Crippen molar-refractivity contribution in [2.45, 2.75) is 32.4 Å². The largest absolute Gasteiger partial charge is 0.393 e. The molecule has 6 nitrogen and oxygen atoms in total. The number of imidazole rings is 1. The van der Waals surface area contributed by atoms with Crippen molar-refractivity contribution >= 4 is 6.03 Å². The number of hydrogen-bond donors (Lipinski definition) is 2. The van der Waals surface area contributed by atoms with Crippen molar-refractivity contribution in [3.63, 3.8) is 0 Å². The van der Waals surface area contributed by atoms with E-state index in [1.807, 2.05) is 42.0 Å². The van der Waals surface area contributed by atoms with E-state index in [1.54, 1.807) is 31.4 Å². The van der Waals surface area contributed by atoms with Gasteiger partial charge in [-0.05, 0) is 38.0 Å². The number of urea groups is 1. The molecule has 0 saturated carbocycles. The number of benzene rings is 1. The quantitative estimate of drug-likeness (QED) is 0.859. The molecule has 2 rings (SSSR count). The van der Waals surface area contributed by atoms with Crippen LogP contribution in [0.4, 0.5) is 4.79 Å². The highest BCUT2D eigenvalue weighted by Gasteiger charge is 2.13. The van der Waals surface area contributed by atoms with Gasteiger partial charge in [-0.3, -0.25) is 0 Å². The zero-order valence-corrected chi connectivity index (χ0v) is 13.8. The van der Waals surface area contributed by atoms with Crippen LogP contribution in [0.3, 0.4) is 0 Å². The van der Waals surface area contributed by atoms with Gasteiger partial charge in [0.15, 0.2) is 0 Å². The Hall–Kier alpha value is -2.34. The summed E-state index contributed by atoms with van der Waals surface area (Å²) in [6.07, 6.45) is 5.53. The number of carbonyl (C=O) groups excluding carboxylic acids is 1. The number of aromatic nitrogens is 2. The third-order valence-corrected chi connectivity index (χ3v) is 3.76. The van der Waals surface area contributed by atoms with Crippen molar-refractivity contribution in [1.82, 2.24) is 19.8 Å². The first-order chi connectivity index (χ1) is 11.0. The van der Waals surface area contributed by atoms with Crippen LogP contribution in [0, 0.1) is 0 Å². The molecule has 1 aromatic carbocycles. The van der Waals surface area contributed by atoms with Crippen molar-refractivity contribution in [1.29, 1.82) is 0 Å². The molecule has 2 N–H and O–H groups in total. The van der Waals surface area contributed by atoms with Crippen molar-refractivity contribution in [2.24, 2.45) is 0 Å². The van der Waals surface area contributed by atoms with E-state index in [0.29, 0.717) is 13.0 Å². The molecular weight excluding hydrogens is 292 g/mol. The molecule has 23 heavy (non-hydrogen) atoms. The van der Waals surface area contributed by atoms with E-state index in [2.05, 4.69) is 10.3 Å². The fourth-order valence-electron chi connectivity index (χ4n) is 2.21. The number of aliphatic hydroxyl groups is 1. The molecule has 0 radical (unpaired) electrons. The van der Waals surface area contributed by atoms with Gasteiger partial charge in [0, 0.05) is 31.7 Å². The van der Waals surface area contributed by atoms with E-state index in [0.717, 1.165) is 11.3 Å². The van der Waals surface area contributed by atoms with Crippen LogP contribution in [-0.4, -0.2) is 45.3 Å². The lowest BCUT2D eigenvalue weighted by atomic mass is 10.1. The normalized spacial score (nSPS) is 13.4. The molecule has 0 aliphatic rings. The van der Waals surface area contributed by atoms with Gasteiger partial charge >= 0.3 is 6.03 Å². The van der Waals surface area contributed by atoms with E-state index in [-0.39, 0.29) is 12.1 Å². The van der Waals surface area contributed by atoms with Gasteiger partial charge in [-0.1, -0.05) is 12.1 Å². The lowest BCUT2D eigenvalue weighted by molar-refractivity contribution is 0.162. The SMILES string of the molecule is CC(O)CCN(C)C(=O)NC(C)c1ccc(-n2ccnc2)cc1. The maximum atomic E-state index is 12.1. The highest BCUT2D eigenvalue weighted by Crippen LogP contribution is 2.16. The van der Waals surface area contributed by atoms with Gasteiger partial charge in [0.2, 0.25) is 0 Å². The van der Waals surface area contributed by atoms with Crippen LogP contribution < -0.4 is 5.32 Å². The molecule has 0 aliphatic heterocycles. The van der Waals surface area contributed by atoms with Crippen LogP contribution in [0.1, 0.15) is 31.9 Å². The Bertz CT molecular complexity index is 608. The topological polar surface area (TPSA) is 70.4 Å². The average molecular weight is 316 g/mol. The Morgan fingerprint density at radius 2 is 2.04 bits per heavy atom. The second kappa shape index (κ2) is 7.78. The van der Waals surface area contributed by atoms with E-state index in [9.17, 15) is 9.90 Å². The van der Waals surface area contributed by atoms with Gasteiger partial charge in [0.1, 0.15) is 0 Å². The Morgan fingerprint density at radius 3 is 2.61 bits per heavy atom. The van der Waals surface area contributed by atoms with Gasteiger partial charge in [0.05, 0.1) is 18.5 Å². The number of nitrogens with zero attached hydrogens (tertiary/aromatic N) is 3. The summed E-state index contributed by atoms with van der Waals surface area (Å²) in [5.74, 6) is 0. The lowest BCUT2D eigenvalue weighted by Gasteiger charge is -2.22. The Labute approximate surface area is 136 Å². The number of carbonyl (C=O) groups is 1. The predicted molar refractivity (Wildman–Crippen MR) is 89.4 cm³/mol. The highest BCUT2D eigenvalue weighted by molar-refractivity contribution is 5.74. The summed E-state index contributed by atoms with van der Waals surface area (Å²) in [6.45, 7) is 4.19. The molecule has 0 bridgehead atoms. The molecule has 0 aliphatic carbocycles. The number of hydrogen-bond acceptors (Lipinski definition) is 3. The standard InChI is InChI=1S/C17H24N4O2/c1-13(22)8-10-20(3)17(23)19-14(2)15-4-6-16(7-5-15)21-11-9-18-12-21/h4-7,9,11-14,22H,8,10H2,1-3H3,(H,19,23). The van der Waals surface area contributed by atoms with Gasteiger partial charge in [-0.25, -0.2) is 9.78 Å². The van der Waals surface area contributed by atoms with Crippen LogP contribution >= 0.6 is 0 Å². The number of aliphatic hydroxyl groups excluding tert-OH is 1. The maximum absolute atomic E-state index is 12.1. The minimum absolute atomic E-state index is 0.0895. The third-order valence-electron chi connectivity index (χ3n) is 3.76. The van der Waals surface area contributed by atoms with Crippen LogP contribution in [0.5, 0.6) is 0 Å². The molecule has 2 aromatic rings. The molecule has 2 amide bonds. The van der Waals surface area contributed by atoms with Gasteiger partial charge in [-0.15, -0.1) is 0 Å². The molecule has 2 atom stereocenters. The highest BCUT2D eigenvalue weighted by atomic mass is 16.3.